The van der Waals surface area contributed by atoms with Crippen molar-refractivity contribution in [3.8, 4) is 0 Å². The Morgan fingerprint density at radius 1 is 1.38 bits per heavy atom. The van der Waals surface area contributed by atoms with Crippen LogP contribution >= 0.6 is 0 Å². The van der Waals surface area contributed by atoms with Crippen LogP contribution < -0.4 is 10.6 Å². The van der Waals surface area contributed by atoms with Gasteiger partial charge < -0.3 is 15.7 Å². The van der Waals surface area contributed by atoms with E-state index in [0.29, 0.717) is 25.1 Å². The molecule has 0 fully saturated rings. The number of hydrogen-bond acceptors (Lipinski definition) is 3. The number of hydrogen-bond donors (Lipinski definition) is 3. The molecule has 0 aliphatic rings. The highest BCUT2D eigenvalue weighted by atomic mass is 16.4. The maximum absolute atomic E-state index is 11.2. The normalized spacial score (nSPS) is 11.6. The van der Waals surface area contributed by atoms with Crippen LogP contribution in [0.25, 0.3) is 0 Å². The Kier molecular flexibility index (Phi) is 7.20. The number of amides is 1. The van der Waals surface area contributed by atoms with Gasteiger partial charge in [-0.25, -0.2) is 4.79 Å². The van der Waals surface area contributed by atoms with Gasteiger partial charge in [-0.05, 0) is 20.8 Å². The van der Waals surface area contributed by atoms with Gasteiger partial charge in [0.25, 0.3) is 0 Å². The van der Waals surface area contributed by atoms with Gasteiger partial charge in [0.1, 0.15) is 0 Å². The SMILES string of the molecule is C/C(=C/CNCCC(=O)NC(C)C)C(=O)O. The first-order valence-corrected chi connectivity index (χ1v) is 5.33. The van der Waals surface area contributed by atoms with Crippen molar-refractivity contribution in [2.75, 3.05) is 13.1 Å². The number of aliphatic carboxylic acids is 1. The van der Waals surface area contributed by atoms with Gasteiger partial charge in [-0.2, -0.15) is 0 Å². The molecule has 0 bridgehead atoms. The van der Waals surface area contributed by atoms with Gasteiger partial charge >= 0.3 is 5.97 Å². The lowest BCUT2D eigenvalue weighted by atomic mass is 10.3. The quantitative estimate of drug-likeness (QED) is 0.438. The van der Waals surface area contributed by atoms with Crippen LogP contribution in [0.5, 0.6) is 0 Å². The molecule has 0 aromatic carbocycles. The summed E-state index contributed by atoms with van der Waals surface area (Å²) in [6, 6.07) is 0.154. The molecule has 0 aliphatic carbocycles. The molecular formula is C11H20N2O3. The second-order valence-electron chi connectivity index (χ2n) is 3.87. The first-order chi connectivity index (χ1) is 7.43. The monoisotopic (exact) mass is 228 g/mol. The number of carboxylic acid groups (broad SMARTS) is 1. The van der Waals surface area contributed by atoms with E-state index in [1.54, 1.807) is 6.08 Å². The van der Waals surface area contributed by atoms with Crippen molar-refractivity contribution in [2.24, 2.45) is 0 Å². The maximum atomic E-state index is 11.2. The van der Waals surface area contributed by atoms with Gasteiger partial charge in [0.05, 0.1) is 0 Å². The lowest BCUT2D eigenvalue weighted by Gasteiger charge is -2.08. The molecule has 16 heavy (non-hydrogen) atoms. The minimum absolute atomic E-state index is 0.00133. The van der Waals surface area contributed by atoms with Crippen LogP contribution in [-0.2, 0) is 9.59 Å². The summed E-state index contributed by atoms with van der Waals surface area (Å²) in [5.41, 5.74) is 0.305. The predicted octanol–water partition coefficient (Wildman–Crippen LogP) is 0.522. The minimum atomic E-state index is -0.917. The average molecular weight is 228 g/mol. The van der Waals surface area contributed by atoms with Gasteiger partial charge in [0.15, 0.2) is 0 Å². The molecule has 0 aromatic rings. The van der Waals surface area contributed by atoms with E-state index >= 15 is 0 Å². The van der Waals surface area contributed by atoms with E-state index in [0.717, 1.165) is 0 Å². The van der Waals surface area contributed by atoms with E-state index in [-0.39, 0.29) is 11.9 Å². The summed E-state index contributed by atoms with van der Waals surface area (Å²) >= 11 is 0. The molecule has 1 amide bonds. The first kappa shape index (κ1) is 14.6. The zero-order chi connectivity index (χ0) is 12.6. The summed E-state index contributed by atoms with van der Waals surface area (Å²) in [5.74, 6) is -0.916. The third kappa shape index (κ3) is 7.99. The van der Waals surface area contributed by atoms with Crippen LogP contribution in [0.3, 0.4) is 0 Å². The molecule has 3 N–H and O–H groups in total. The summed E-state index contributed by atoms with van der Waals surface area (Å²) in [7, 11) is 0. The fraction of sp³-hybridized carbons (Fsp3) is 0.636. The molecule has 0 aliphatic heterocycles. The van der Waals surface area contributed by atoms with Crippen LogP contribution in [0.1, 0.15) is 27.2 Å². The van der Waals surface area contributed by atoms with E-state index in [1.165, 1.54) is 6.92 Å². The van der Waals surface area contributed by atoms with Gasteiger partial charge in [-0.3, -0.25) is 4.79 Å². The largest absolute Gasteiger partial charge is 0.478 e. The zero-order valence-electron chi connectivity index (χ0n) is 10.0. The molecule has 5 heteroatoms. The van der Waals surface area contributed by atoms with Gasteiger partial charge in [-0.1, -0.05) is 6.08 Å². The molecule has 0 rings (SSSR count). The Bertz CT molecular complexity index is 272. The Morgan fingerprint density at radius 2 is 2.00 bits per heavy atom. The lowest BCUT2D eigenvalue weighted by molar-refractivity contribution is -0.132. The molecule has 5 nitrogen and oxygen atoms in total. The van der Waals surface area contributed by atoms with Crippen molar-refractivity contribution < 1.29 is 14.7 Å². The zero-order valence-corrected chi connectivity index (χ0v) is 10.0. The molecule has 0 spiro atoms. The van der Waals surface area contributed by atoms with Crippen LogP contribution in [0.2, 0.25) is 0 Å². The standard InChI is InChI=1S/C11H20N2O3/c1-8(2)13-10(14)5-7-12-6-4-9(3)11(15)16/h4,8,12H,5-7H2,1-3H3,(H,13,14)(H,15,16)/b9-4-. The topological polar surface area (TPSA) is 78.4 Å². The number of carbonyl (C=O) groups excluding carboxylic acids is 1. The van der Waals surface area contributed by atoms with E-state index in [4.69, 9.17) is 5.11 Å². The number of carbonyl (C=O) groups is 2. The van der Waals surface area contributed by atoms with Crippen molar-refractivity contribution in [2.45, 2.75) is 33.2 Å². The maximum Gasteiger partial charge on any atom is 0.330 e. The average Bonchev–Trinajstić information content (AvgIpc) is 2.15. The second kappa shape index (κ2) is 7.87. The molecule has 0 heterocycles. The van der Waals surface area contributed by atoms with E-state index in [1.807, 2.05) is 13.8 Å². The highest BCUT2D eigenvalue weighted by molar-refractivity contribution is 5.85. The Balaban J connectivity index is 3.58. The van der Waals surface area contributed by atoms with Crippen LogP contribution in [0, 0.1) is 0 Å². The van der Waals surface area contributed by atoms with E-state index < -0.39 is 5.97 Å². The molecule has 0 radical (unpaired) electrons. The molecular weight excluding hydrogens is 208 g/mol. The minimum Gasteiger partial charge on any atom is -0.478 e. The van der Waals surface area contributed by atoms with Crippen LogP contribution in [-0.4, -0.2) is 36.1 Å². The lowest BCUT2D eigenvalue weighted by Crippen LogP contribution is -2.32. The fourth-order valence-electron chi connectivity index (χ4n) is 1.01. The van der Waals surface area contributed by atoms with Crippen molar-refractivity contribution >= 4 is 11.9 Å². The van der Waals surface area contributed by atoms with Crippen molar-refractivity contribution in [1.82, 2.24) is 10.6 Å². The second-order valence-corrected chi connectivity index (χ2v) is 3.87. The summed E-state index contributed by atoms with van der Waals surface area (Å²) in [4.78, 5) is 21.6. The molecule has 0 saturated heterocycles. The van der Waals surface area contributed by atoms with Gasteiger partial charge in [0.2, 0.25) is 5.91 Å². The highest BCUT2D eigenvalue weighted by Gasteiger charge is 2.02. The summed E-state index contributed by atoms with van der Waals surface area (Å²) in [6.45, 7) is 6.36. The van der Waals surface area contributed by atoms with Crippen LogP contribution in [0.4, 0.5) is 0 Å². The van der Waals surface area contributed by atoms with Crippen molar-refractivity contribution in [1.29, 1.82) is 0 Å². The molecule has 0 unspecified atom stereocenters. The molecule has 0 aromatic heterocycles. The smallest absolute Gasteiger partial charge is 0.330 e. The highest BCUT2D eigenvalue weighted by Crippen LogP contribution is 1.89. The number of rotatable bonds is 7. The Labute approximate surface area is 95.9 Å². The summed E-state index contributed by atoms with van der Waals surface area (Å²) in [5, 5.41) is 14.3. The Morgan fingerprint density at radius 3 is 2.50 bits per heavy atom. The Hall–Kier alpha value is -1.36. The van der Waals surface area contributed by atoms with E-state index in [9.17, 15) is 9.59 Å². The first-order valence-electron chi connectivity index (χ1n) is 5.33. The van der Waals surface area contributed by atoms with Crippen molar-refractivity contribution in [3.05, 3.63) is 11.6 Å². The molecule has 92 valence electrons. The third-order valence-corrected chi connectivity index (χ3v) is 1.87. The van der Waals surface area contributed by atoms with Crippen molar-refractivity contribution in [3.63, 3.8) is 0 Å². The molecule has 0 atom stereocenters. The van der Waals surface area contributed by atoms with Gasteiger partial charge in [-0.15, -0.1) is 0 Å². The number of carboxylic acids is 1. The fourth-order valence-corrected chi connectivity index (χ4v) is 1.01. The van der Waals surface area contributed by atoms with Crippen LogP contribution in [0.15, 0.2) is 11.6 Å². The summed E-state index contributed by atoms with van der Waals surface area (Å²) < 4.78 is 0. The van der Waals surface area contributed by atoms with Gasteiger partial charge in [0, 0.05) is 31.1 Å². The third-order valence-electron chi connectivity index (χ3n) is 1.87. The predicted molar refractivity (Wildman–Crippen MR) is 62.2 cm³/mol. The summed E-state index contributed by atoms with van der Waals surface area (Å²) in [6.07, 6.45) is 1.99. The van der Waals surface area contributed by atoms with E-state index in [2.05, 4.69) is 10.6 Å². The number of nitrogens with one attached hydrogen (secondary N) is 2. The molecule has 0 saturated carbocycles.